The van der Waals surface area contributed by atoms with Crippen molar-refractivity contribution in [1.82, 2.24) is 0 Å². The zero-order chi connectivity index (χ0) is 13.2. The van der Waals surface area contributed by atoms with Gasteiger partial charge in [-0.15, -0.1) is 0 Å². The maximum Gasteiger partial charge on any atom is 0.312 e. The molecule has 0 amide bonds. The van der Waals surface area contributed by atoms with Gasteiger partial charge in [0.25, 0.3) is 0 Å². The quantitative estimate of drug-likeness (QED) is 0.626. The van der Waals surface area contributed by atoms with Gasteiger partial charge in [0.15, 0.2) is 17.6 Å². The number of Topliss-reactive ketones (excluding diaryl/α,β-unsaturated/α-hetero) is 1. The lowest BCUT2D eigenvalue weighted by atomic mass is 10.2. The molecule has 0 radical (unpaired) electrons. The molecule has 0 aliphatic rings. The molecule has 1 rings (SSSR count). The second-order valence-corrected chi connectivity index (χ2v) is 4.18. The number of ether oxygens (including phenoxy) is 1. The highest BCUT2D eigenvalue weighted by molar-refractivity contribution is 6.42. The molecule has 0 fully saturated rings. The van der Waals surface area contributed by atoms with Crippen molar-refractivity contribution in [1.29, 1.82) is 0 Å². The third-order valence-electron chi connectivity index (χ3n) is 2.07. The Labute approximate surface area is 107 Å². The predicted molar refractivity (Wildman–Crippen MR) is 63.9 cm³/mol. The fourth-order valence-electron chi connectivity index (χ4n) is 1.03. The first kappa shape index (κ1) is 13.7. The van der Waals surface area contributed by atoms with Crippen molar-refractivity contribution in [3.05, 3.63) is 32.3 Å². The monoisotopic (exact) mass is 277 g/mol. The number of carbonyl (C=O) groups is 1. The molecule has 7 heteroatoms. The van der Waals surface area contributed by atoms with Crippen LogP contribution in [0, 0.1) is 10.1 Å². The molecule has 5 nitrogen and oxygen atoms in total. The minimum absolute atomic E-state index is 0.0567. The average Bonchev–Trinajstić information content (AvgIpc) is 2.22. The summed E-state index contributed by atoms with van der Waals surface area (Å²) in [6.45, 7) is 2.82. The summed E-state index contributed by atoms with van der Waals surface area (Å²) in [6, 6.07) is 2.31. The third-order valence-corrected chi connectivity index (χ3v) is 2.80. The average molecular weight is 278 g/mol. The summed E-state index contributed by atoms with van der Waals surface area (Å²) >= 11 is 11.4. The number of nitrogens with zero attached hydrogens (tertiary/aromatic N) is 1. The van der Waals surface area contributed by atoms with E-state index >= 15 is 0 Å². The fraction of sp³-hybridized carbons (Fsp3) is 0.300. The first-order valence-electron chi connectivity index (χ1n) is 4.63. The first-order chi connectivity index (χ1) is 7.82. The van der Waals surface area contributed by atoms with Crippen LogP contribution in [-0.2, 0) is 4.79 Å². The molecule has 0 N–H and O–H groups in total. The lowest BCUT2D eigenvalue weighted by molar-refractivity contribution is -0.386. The number of nitro benzene ring substituents is 1. The molecular weight excluding hydrogens is 269 g/mol. The van der Waals surface area contributed by atoms with Crippen molar-refractivity contribution in [2.45, 2.75) is 20.0 Å². The number of ketones is 1. The summed E-state index contributed by atoms with van der Waals surface area (Å²) in [5.41, 5.74) is -0.326. The van der Waals surface area contributed by atoms with E-state index in [0.717, 1.165) is 6.07 Å². The van der Waals surface area contributed by atoms with E-state index in [2.05, 4.69) is 0 Å². The van der Waals surface area contributed by atoms with E-state index in [-0.39, 0.29) is 27.3 Å². The van der Waals surface area contributed by atoms with Gasteiger partial charge in [-0.2, -0.15) is 0 Å². The van der Waals surface area contributed by atoms with Crippen molar-refractivity contribution in [3.63, 3.8) is 0 Å². The fourth-order valence-corrected chi connectivity index (χ4v) is 1.34. The molecule has 0 aliphatic carbocycles. The van der Waals surface area contributed by atoms with Crippen LogP contribution >= 0.6 is 23.2 Å². The number of halogens is 2. The molecule has 17 heavy (non-hydrogen) atoms. The Balaban J connectivity index is 3.17. The van der Waals surface area contributed by atoms with Crippen LogP contribution in [0.3, 0.4) is 0 Å². The van der Waals surface area contributed by atoms with Crippen LogP contribution in [0.25, 0.3) is 0 Å². The zero-order valence-corrected chi connectivity index (χ0v) is 10.6. The van der Waals surface area contributed by atoms with E-state index < -0.39 is 11.0 Å². The summed E-state index contributed by atoms with van der Waals surface area (Å²) in [6.07, 6.45) is -0.786. The minimum Gasteiger partial charge on any atom is -0.476 e. The third kappa shape index (κ3) is 3.31. The van der Waals surface area contributed by atoms with E-state index in [1.807, 2.05) is 0 Å². The molecule has 1 atom stereocenters. The summed E-state index contributed by atoms with van der Waals surface area (Å²) in [5.74, 6) is -0.322. The molecule has 0 saturated heterocycles. The molecule has 0 aliphatic heterocycles. The van der Waals surface area contributed by atoms with Gasteiger partial charge in [-0.05, 0) is 13.8 Å². The molecule has 0 aromatic heterocycles. The Morgan fingerprint density at radius 1 is 1.41 bits per heavy atom. The largest absolute Gasteiger partial charge is 0.476 e. The Kier molecular flexibility index (Phi) is 4.31. The van der Waals surface area contributed by atoms with Gasteiger partial charge in [-0.3, -0.25) is 14.9 Å². The van der Waals surface area contributed by atoms with E-state index in [4.69, 9.17) is 27.9 Å². The number of rotatable bonds is 4. The van der Waals surface area contributed by atoms with Gasteiger partial charge in [0.2, 0.25) is 0 Å². The summed E-state index contributed by atoms with van der Waals surface area (Å²) in [5, 5.41) is 11.0. The van der Waals surface area contributed by atoms with Crippen molar-refractivity contribution < 1.29 is 14.5 Å². The van der Waals surface area contributed by atoms with E-state index in [1.54, 1.807) is 0 Å². The van der Waals surface area contributed by atoms with E-state index in [0.29, 0.717) is 0 Å². The Morgan fingerprint density at radius 3 is 2.41 bits per heavy atom. The molecule has 1 aromatic rings. The highest BCUT2D eigenvalue weighted by atomic mass is 35.5. The molecule has 0 saturated carbocycles. The zero-order valence-electron chi connectivity index (χ0n) is 9.07. The molecule has 1 aromatic carbocycles. The van der Waals surface area contributed by atoms with Gasteiger partial charge in [-0.1, -0.05) is 23.2 Å². The van der Waals surface area contributed by atoms with Gasteiger partial charge in [-0.25, -0.2) is 0 Å². The molecule has 92 valence electrons. The maximum atomic E-state index is 11.0. The van der Waals surface area contributed by atoms with Crippen molar-refractivity contribution in [2.24, 2.45) is 0 Å². The van der Waals surface area contributed by atoms with Crippen molar-refractivity contribution in [2.75, 3.05) is 0 Å². The molecule has 0 bridgehead atoms. The lowest BCUT2D eigenvalue weighted by Gasteiger charge is -2.12. The number of hydrogen-bond acceptors (Lipinski definition) is 4. The van der Waals surface area contributed by atoms with Crippen molar-refractivity contribution in [3.8, 4) is 5.75 Å². The highest BCUT2D eigenvalue weighted by Gasteiger charge is 2.21. The van der Waals surface area contributed by atoms with Gasteiger partial charge in [0.1, 0.15) is 0 Å². The first-order valence-corrected chi connectivity index (χ1v) is 5.39. The number of benzene rings is 1. The molecule has 0 heterocycles. The molecule has 1 unspecified atom stereocenters. The summed E-state index contributed by atoms with van der Waals surface area (Å²) in [4.78, 5) is 21.2. The Bertz CT molecular complexity index is 476. The molecule has 0 spiro atoms. The van der Waals surface area contributed by atoms with Crippen LogP contribution in [0.2, 0.25) is 10.0 Å². The van der Waals surface area contributed by atoms with Gasteiger partial charge < -0.3 is 4.74 Å². The lowest BCUT2D eigenvalue weighted by Crippen LogP contribution is -2.21. The number of hydrogen-bond donors (Lipinski definition) is 0. The standard InChI is InChI=1S/C10H9Cl2NO4/c1-5(14)6(2)17-10-4-8(12)7(11)3-9(10)13(15)16/h3-4,6H,1-2H3. The van der Waals surface area contributed by atoms with Crippen LogP contribution in [-0.4, -0.2) is 16.8 Å². The Hall–Kier alpha value is -1.33. The van der Waals surface area contributed by atoms with Gasteiger partial charge in [0.05, 0.1) is 15.0 Å². The second kappa shape index (κ2) is 5.33. The van der Waals surface area contributed by atoms with Crippen LogP contribution in [0.5, 0.6) is 5.75 Å². The topological polar surface area (TPSA) is 69.4 Å². The van der Waals surface area contributed by atoms with Crippen LogP contribution < -0.4 is 4.74 Å². The van der Waals surface area contributed by atoms with E-state index in [1.165, 1.54) is 19.9 Å². The maximum absolute atomic E-state index is 11.0. The Morgan fingerprint density at radius 2 is 1.94 bits per heavy atom. The highest BCUT2D eigenvalue weighted by Crippen LogP contribution is 2.36. The minimum atomic E-state index is -0.786. The number of carbonyl (C=O) groups excluding carboxylic acids is 1. The summed E-state index contributed by atoms with van der Waals surface area (Å²) < 4.78 is 5.17. The van der Waals surface area contributed by atoms with Crippen LogP contribution in [0.1, 0.15) is 13.8 Å². The number of nitro groups is 1. The normalized spacial score (nSPS) is 12.0. The SMILES string of the molecule is CC(=O)C(C)Oc1cc(Cl)c(Cl)cc1[N+](=O)[O-]. The van der Waals surface area contributed by atoms with Gasteiger partial charge >= 0.3 is 5.69 Å². The van der Waals surface area contributed by atoms with E-state index in [9.17, 15) is 14.9 Å². The second-order valence-electron chi connectivity index (χ2n) is 3.36. The van der Waals surface area contributed by atoms with Crippen LogP contribution in [0.4, 0.5) is 5.69 Å². The summed E-state index contributed by atoms with van der Waals surface area (Å²) in [7, 11) is 0. The van der Waals surface area contributed by atoms with Crippen molar-refractivity contribution >= 4 is 34.7 Å². The smallest absolute Gasteiger partial charge is 0.312 e. The van der Waals surface area contributed by atoms with Gasteiger partial charge in [0, 0.05) is 12.1 Å². The van der Waals surface area contributed by atoms with Crippen LogP contribution in [0.15, 0.2) is 12.1 Å². The molecular formula is C10H9Cl2NO4. The predicted octanol–water partition coefficient (Wildman–Crippen LogP) is 3.26.